The molecule has 0 N–H and O–H groups in total. The molecule has 0 saturated heterocycles. The van der Waals surface area contributed by atoms with Crippen LogP contribution in [0.1, 0.15) is 16.7 Å². The lowest BCUT2D eigenvalue weighted by atomic mass is 9.93. The Kier molecular flexibility index (Phi) is 3.38. The van der Waals surface area contributed by atoms with E-state index in [1.807, 2.05) is 6.07 Å². The number of nitrogens with zero attached hydrogens (tertiary/aromatic N) is 1. The van der Waals surface area contributed by atoms with Gasteiger partial charge in [-0.05, 0) is 42.3 Å². The van der Waals surface area contributed by atoms with Crippen molar-refractivity contribution in [3.63, 3.8) is 0 Å². The quantitative estimate of drug-likeness (QED) is 0.825. The fourth-order valence-corrected chi connectivity index (χ4v) is 2.63. The summed E-state index contributed by atoms with van der Waals surface area (Å²) >= 11 is 3.46. The van der Waals surface area contributed by atoms with Crippen LogP contribution in [-0.2, 0) is 6.42 Å². The molecule has 0 unspecified atom stereocenters. The first-order valence-electron chi connectivity index (χ1n) is 6.25. The van der Waals surface area contributed by atoms with Crippen LogP contribution >= 0.6 is 15.9 Å². The molecule has 0 fully saturated rings. The molecule has 0 spiro atoms. The van der Waals surface area contributed by atoms with E-state index in [2.05, 4.69) is 57.3 Å². The summed E-state index contributed by atoms with van der Waals surface area (Å²) in [6.07, 6.45) is 0.979. The largest absolute Gasteiger partial charge is 0.497 e. The number of ether oxygens (including phenoxy) is 1. The molecule has 2 aromatic carbocycles. The van der Waals surface area contributed by atoms with Gasteiger partial charge in [0.05, 0.1) is 12.8 Å². The van der Waals surface area contributed by atoms with E-state index in [1.165, 1.54) is 11.1 Å². The van der Waals surface area contributed by atoms with Crippen molar-refractivity contribution in [1.29, 1.82) is 0 Å². The second kappa shape index (κ2) is 5.17. The minimum atomic E-state index is 0.839. The molecule has 96 valence electrons. The fourth-order valence-electron chi connectivity index (χ4n) is 2.36. The van der Waals surface area contributed by atoms with E-state index in [9.17, 15) is 0 Å². The van der Waals surface area contributed by atoms with Crippen molar-refractivity contribution in [3.8, 4) is 5.75 Å². The molecule has 19 heavy (non-hydrogen) atoms. The highest BCUT2D eigenvalue weighted by atomic mass is 79.9. The van der Waals surface area contributed by atoms with Crippen LogP contribution in [0.15, 0.2) is 51.9 Å². The number of fused-ring (bicyclic) bond motifs is 1. The van der Waals surface area contributed by atoms with Crippen molar-refractivity contribution in [3.05, 3.63) is 63.6 Å². The molecule has 3 rings (SSSR count). The van der Waals surface area contributed by atoms with Gasteiger partial charge in [0.15, 0.2) is 0 Å². The van der Waals surface area contributed by atoms with E-state index < -0.39 is 0 Å². The number of benzene rings is 2. The minimum absolute atomic E-state index is 0.839. The Balaban J connectivity index is 2.05. The summed E-state index contributed by atoms with van der Waals surface area (Å²) in [5, 5.41) is 0. The van der Waals surface area contributed by atoms with Crippen molar-refractivity contribution < 1.29 is 4.74 Å². The molecule has 0 aromatic heterocycles. The molecule has 2 aromatic rings. The molecule has 0 aliphatic carbocycles. The molecule has 0 saturated carbocycles. The van der Waals surface area contributed by atoms with Gasteiger partial charge < -0.3 is 4.74 Å². The van der Waals surface area contributed by atoms with E-state index in [0.29, 0.717) is 0 Å². The second-order valence-corrected chi connectivity index (χ2v) is 5.43. The Hall–Kier alpha value is -1.61. The zero-order chi connectivity index (χ0) is 13.2. The van der Waals surface area contributed by atoms with Crippen LogP contribution in [0.25, 0.3) is 0 Å². The highest BCUT2D eigenvalue weighted by Gasteiger charge is 2.16. The summed E-state index contributed by atoms with van der Waals surface area (Å²) < 4.78 is 6.38. The third-order valence-electron chi connectivity index (χ3n) is 3.34. The molecule has 0 amide bonds. The maximum atomic E-state index is 5.29. The van der Waals surface area contributed by atoms with Gasteiger partial charge in [0.1, 0.15) is 5.75 Å². The van der Waals surface area contributed by atoms with Gasteiger partial charge in [-0.25, -0.2) is 0 Å². The van der Waals surface area contributed by atoms with Crippen LogP contribution < -0.4 is 4.74 Å². The number of rotatable bonds is 2. The zero-order valence-electron chi connectivity index (χ0n) is 10.7. The van der Waals surface area contributed by atoms with E-state index in [4.69, 9.17) is 4.74 Å². The molecule has 0 radical (unpaired) electrons. The first-order valence-corrected chi connectivity index (χ1v) is 7.05. The molecule has 1 heterocycles. The molecule has 0 bridgehead atoms. The maximum absolute atomic E-state index is 5.29. The average molecular weight is 316 g/mol. The van der Waals surface area contributed by atoms with Gasteiger partial charge in [-0.3, -0.25) is 4.99 Å². The highest BCUT2D eigenvalue weighted by molar-refractivity contribution is 9.10. The summed E-state index contributed by atoms with van der Waals surface area (Å²) in [7, 11) is 1.70. The molecule has 1 aliphatic heterocycles. The Morgan fingerprint density at radius 1 is 1.11 bits per heavy atom. The predicted octanol–water partition coefficient (Wildman–Crippen LogP) is 3.85. The van der Waals surface area contributed by atoms with Gasteiger partial charge in [-0.2, -0.15) is 0 Å². The van der Waals surface area contributed by atoms with Crippen molar-refractivity contribution in [2.45, 2.75) is 6.42 Å². The first-order chi connectivity index (χ1) is 9.28. The third-order valence-corrected chi connectivity index (χ3v) is 3.86. The molecule has 1 aliphatic rings. The van der Waals surface area contributed by atoms with Gasteiger partial charge in [-0.15, -0.1) is 0 Å². The molecule has 3 heteroatoms. The number of methoxy groups -OCH3 is 1. The van der Waals surface area contributed by atoms with Crippen LogP contribution in [-0.4, -0.2) is 19.4 Å². The first kappa shape index (κ1) is 12.4. The predicted molar refractivity (Wildman–Crippen MR) is 81.3 cm³/mol. The highest BCUT2D eigenvalue weighted by Crippen LogP contribution is 2.25. The SMILES string of the molecule is COc1ccc2c(c1)CCN=C2c1ccc(Br)cc1. The Bertz CT molecular complexity index is 632. The summed E-state index contributed by atoms with van der Waals surface area (Å²) in [5.41, 5.74) is 4.77. The van der Waals surface area contributed by atoms with Gasteiger partial charge in [0.2, 0.25) is 0 Å². The second-order valence-electron chi connectivity index (χ2n) is 4.51. The summed E-state index contributed by atoms with van der Waals surface area (Å²) in [6.45, 7) is 0.839. The monoisotopic (exact) mass is 315 g/mol. The van der Waals surface area contributed by atoms with Crippen LogP contribution in [0.4, 0.5) is 0 Å². The molecule has 0 atom stereocenters. The summed E-state index contributed by atoms with van der Waals surface area (Å²) in [5.74, 6) is 0.913. The number of hydrogen-bond acceptors (Lipinski definition) is 2. The van der Waals surface area contributed by atoms with Gasteiger partial charge in [0.25, 0.3) is 0 Å². The maximum Gasteiger partial charge on any atom is 0.119 e. The smallest absolute Gasteiger partial charge is 0.119 e. The number of hydrogen-bond donors (Lipinski definition) is 0. The van der Waals surface area contributed by atoms with Crippen molar-refractivity contribution in [2.75, 3.05) is 13.7 Å². The van der Waals surface area contributed by atoms with Gasteiger partial charge >= 0.3 is 0 Å². The normalized spacial score (nSPS) is 13.7. The van der Waals surface area contributed by atoms with Crippen molar-refractivity contribution in [2.24, 2.45) is 4.99 Å². The van der Waals surface area contributed by atoms with Crippen LogP contribution in [0, 0.1) is 0 Å². The minimum Gasteiger partial charge on any atom is -0.497 e. The van der Waals surface area contributed by atoms with Crippen LogP contribution in [0.5, 0.6) is 5.75 Å². The van der Waals surface area contributed by atoms with E-state index >= 15 is 0 Å². The lowest BCUT2D eigenvalue weighted by Gasteiger charge is -2.18. The van der Waals surface area contributed by atoms with E-state index in [0.717, 1.165) is 34.5 Å². The van der Waals surface area contributed by atoms with Crippen molar-refractivity contribution in [1.82, 2.24) is 0 Å². The number of aliphatic imine (C=N–C) groups is 1. The average Bonchev–Trinajstić information content (AvgIpc) is 2.47. The summed E-state index contributed by atoms with van der Waals surface area (Å²) in [4.78, 5) is 4.69. The van der Waals surface area contributed by atoms with E-state index in [1.54, 1.807) is 7.11 Å². The molecular weight excluding hydrogens is 302 g/mol. The lowest BCUT2D eigenvalue weighted by molar-refractivity contribution is 0.414. The Labute approximate surface area is 121 Å². The molecule has 2 nitrogen and oxygen atoms in total. The Morgan fingerprint density at radius 2 is 1.89 bits per heavy atom. The standard InChI is InChI=1S/C16H14BrNO/c1-19-14-6-7-15-12(10-14)8-9-18-16(15)11-2-4-13(17)5-3-11/h2-7,10H,8-9H2,1H3. The lowest BCUT2D eigenvalue weighted by Crippen LogP contribution is -2.14. The topological polar surface area (TPSA) is 21.6 Å². The van der Waals surface area contributed by atoms with Crippen LogP contribution in [0.2, 0.25) is 0 Å². The summed E-state index contributed by atoms with van der Waals surface area (Å²) in [6, 6.07) is 14.5. The number of halogens is 1. The van der Waals surface area contributed by atoms with Crippen LogP contribution in [0.3, 0.4) is 0 Å². The van der Waals surface area contributed by atoms with Gasteiger partial charge in [0, 0.05) is 22.1 Å². The van der Waals surface area contributed by atoms with Gasteiger partial charge in [-0.1, -0.05) is 28.1 Å². The Morgan fingerprint density at radius 3 is 2.63 bits per heavy atom. The third kappa shape index (κ3) is 2.43. The molecular formula is C16H14BrNO. The fraction of sp³-hybridized carbons (Fsp3) is 0.188. The van der Waals surface area contributed by atoms with E-state index in [-0.39, 0.29) is 0 Å². The zero-order valence-corrected chi connectivity index (χ0v) is 12.3. The van der Waals surface area contributed by atoms with Crippen molar-refractivity contribution >= 4 is 21.6 Å².